The molecule has 0 aliphatic heterocycles. The van der Waals surface area contributed by atoms with Crippen molar-refractivity contribution < 1.29 is 15.0 Å². The number of hydrogen-bond acceptors (Lipinski definition) is 3. The van der Waals surface area contributed by atoms with E-state index in [1.165, 1.54) is 212 Å². The maximum Gasteiger partial charge on any atom is 0.220 e. The third-order valence-electron chi connectivity index (χ3n) is 15.0. The molecule has 3 N–H and O–H groups in total. The van der Waals surface area contributed by atoms with Crippen molar-refractivity contribution in [2.45, 2.75) is 334 Å². The molecule has 0 spiro atoms. The molecule has 0 aliphatic carbocycles. The predicted molar refractivity (Wildman–Crippen MR) is 349 cm³/mol. The Morgan fingerprint density at radius 2 is 0.564 bits per heavy atom. The van der Waals surface area contributed by atoms with E-state index in [4.69, 9.17) is 0 Å². The number of aliphatic hydroxyl groups is 2. The standard InChI is InChI=1S/C74H129NO3/c1-3-5-7-9-11-13-15-17-19-21-23-25-27-29-31-33-34-35-36-37-38-39-40-42-44-46-48-50-52-54-56-58-60-62-64-66-68-70-74(78)75-72(71-76)73(77)69-67-65-63-61-59-57-55-53-51-49-47-45-43-41-32-30-28-26-24-22-20-18-16-14-12-10-8-6-4-2/h5,7,11,13,17,19,23,25,29,31,34-35,37-38,40,42,46,48,67,69,72-73,76-77H,3-4,6,8-10,12,14-16,18,20-22,24,26-28,30,32-33,36,39,41,43-45,47,49-66,68,70-71H2,1-2H3,(H,75,78)/b7-5-,13-11-,19-17-,25-23-,31-29-,35-34-,38-37-,42-40-,48-46-,69-67+. The Morgan fingerprint density at radius 1 is 0.321 bits per heavy atom. The first-order valence-corrected chi connectivity index (χ1v) is 33.7. The highest BCUT2D eigenvalue weighted by Crippen LogP contribution is 2.17. The summed E-state index contributed by atoms with van der Waals surface area (Å²) in [7, 11) is 0. The zero-order chi connectivity index (χ0) is 56.2. The van der Waals surface area contributed by atoms with E-state index < -0.39 is 12.1 Å². The zero-order valence-electron chi connectivity index (χ0n) is 51.7. The van der Waals surface area contributed by atoms with Crippen molar-refractivity contribution in [1.82, 2.24) is 5.32 Å². The molecule has 0 aromatic carbocycles. The Kier molecular flexibility index (Phi) is 65.3. The van der Waals surface area contributed by atoms with Crippen LogP contribution in [0.5, 0.6) is 0 Å². The molecule has 0 saturated heterocycles. The van der Waals surface area contributed by atoms with Crippen LogP contribution in [-0.4, -0.2) is 34.9 Å². The molecule has 78 heavy (non-hydrogen) atoms. The van der Waals surface area contributed by atoms with E-state index in [1.54, 1.807) is 6.08 Å². The first-order chi connectivity index (χ1) is 38.7. The van der Waals surface area contributed by atoms with Gasteiger partial charge in [0.25, 0.3) is 0 Å². The van der Waals surface area contributed by atoms with E-state index in [0.29, 0.717) is 6.42 Å². The first kappa shape index (κ1) is 74.8. The van der Waals surface area contributed by atoms with Crippen molar-refractivity contribution in [2.24, 2.45) is 0 Å². The van der Waals surface area contributed by atoms with Gasteiger partial charge in [0.2, 0.25) is 5.91 Å². The molecule has 448 valence electrons. The third kappa shape index (κ3) is 63.6. The molecule has 0 aromatic rings. The minimum absolute atomic E-state index is 0.0716. The second-order valence-corrected chi connectivity index (χ2v) is 22.5. The van der Waals surface area contributed by atoms with Crippen LogP contribution in [0.4, 0.5) is 0 Å². The average Bonchev–Trinajstić information content (AvgIpc) is 3.44. The minimum Gasteiger partial charge on any atom is -0.394 e. The number of carbonyl (C=O) groups excluding carboxylic acids is 1. The van der Waals surface area contributed by atoms with Gasteiger partial charge in [-0.25, -0.2) is 0 Å². The van der Waals surface area contributed by atoms with Crippen LogP contribution in [0.1, 0.15) is 322 Å². The Hall–Kier alpha value is -3.21. The van der Waals surface area contributed by atoms with Gasteiger partial charge >= 0.3 is 0 Å². The smallest absolute Gasteiger partial charge is 0.220 e. The maximum absolute atomic E-state index is 12.5. The average molecular weight is 1080 g/mol. The van der Waals surface area contributed by atoms with Crippen molar-refractivity contribution in [2.75, 3.05) is 6.61 Å². The lowest BCUT2D eigenvalue weighted by Crippen LogP contribution is -2.45. The molecular formula is C74H129NO3. The lowest BCUT2D eigenvalue weighted by Gasteiger charge is -2.20. The van der Waals surface area contributed by atoms with Gasteiger partial charge in [-0.1, -0.05) is 347 Å². The summed E-state index contributed by atoms with van der Waals surface area (Å²) >= 11 is 0. The molecule has 0 saturated carbocycles. The highest BCUT2D eigenvalue weighted by Gasteiger charge is 2.18. The second kappa shape index (κ2) is 68.1. The monoisotopic (exact) mass is 1080 g/mol. The van der Waals surface area contributed by atoms with Crippen LogP contribution in [0.3, 0.4) is 0 Å². The van der Waals surface area contributed by atoms with Crippen molar-refractivity contribution in [3.63, 3.8) is 0 Å². The molecular weight excluding hydrogens is 951 g/mol. The van der Waals surface area contributed by atoms with Crippen LogP contribution in [0.15, 0.2) is 122 Å². The van der Waals surface area contributed by atoms with Crippen LogP contribution in [-0.2, 0) is 4.79 Å². The quantitative estimate of drug-likeness (QED) is 0.0420. The lowest BCUT2D eigenvalue weighted by atomic mass is 10.0. The zero-order valence-corrected chi connectivity index (χ0v) is 51.7. The molecule has 2 unspecified atom stereocenters. The van der Waals surface area contributed by atoms with Gasteiger partial charge in [-0.05, 0) is 89.9 Å². The fourth-order valence-corrected chi connectivity index (χ4v) is 9.88. The van der Waals surface area contributed by atoms with Crippen molar-refractivity contribution >= 4 is 5.91 Å². The molecule has 0 heterocycles. The SMILES string of the molecule is CC/C=C\C/C=C\C/C=C\C/C=C\C/C=C\C/C=C\C/C=C\C/C=C\C/C=C\CCCCCCCCCCCC(=O)NC(CO)C(O)/C=C/CCCCCCCCCCCCCCCCCCCCCCCCCCCCC. The molecule has 4 heteroatoms. The highest BCUT2D eigenvalue weighted by molar-refractivity contribution is 5.76. The number of rotatable bonds is 61. The second-order valence-electron chi connectivity index (χ2n) is 22.5. The summed E-state index contributed by atoms with van der Waals surface area (Å²) in [5.74, 6) is -0.0716. The Balaban J connectivity index is 3.56. The summed E-state index contributed by atoms with van der Waals surface area (Å²) in [5, 5.41) is 23.3. The van der Waals surface area contributed by atoms with E-state index in [-0.39, 0.29) is 12.5 Å². The largest absolute Gasteiger partial charge is 0.394 e. The van der Waals surface area contributed by atoms with E-state index in [2.05, 4.69) is 129 Å². The topological polar surface area (TPSA) is 69.6 Å². The fraction of sp³-hybridized carbons (Fsp3) is 0.716. The number of amides is 1. The van der Waals surface area contributed by atoms with Crippen LogP contribution in [0.2, 0.25) is 0 Å². The fourth-order valence-electron chi connectivity index (χ4n) is 9.88. The van der Waals surface area contributed by atoms with Crippen molar-refractivity contribution in [1.29, 1.82) is 0 Å². The van der Waals surface area contributed by atoms with Crippen molar-refractivity contribution in [3.8, 4) is 0 Å². The van der Waals surface area contributed by atoms with E-state index >= 15 is 0 Å². The molecule has 2 atom stereocenters. The number of carbonyl (C=O) groups is 1. The molecule has 0 radical (unpaired) electrons. The van der Waals surface area contributed by atoms with Gasteiger partial charge in [-0.15, -0.1) is 0 Å². The summed E-state index contributed by atoms with van der Waals surface area (Å²) in [4.78, 5) is 12.5. The number of hydrogen-bond donors (Lipinski definition) is 3. The molecule has 0 aromatic heterocycles. The summed E-state index contributed by atoms with van der Waals surface area (Å²) in [5.41, 5.74) is 0. The van der Waals surface area contributed by atoms with E-state index in [1.807, 2.05) is 6.08 Å². The van der Waals surface area contributed by atoms with Crippen LogP contribution < -0.4 is 5.32 Å². The normalized spacial score (nSPS) is 13.5. The Bertz CT molecular complexity index is 1510. The van der Waals surface area contributed by atoms with E-state index in [0.717, 1.165) is 89.9 Å². The highest BCUT2D eigenvalue weighted by atomic mass is 16.3. The third-order valence-corrected chi connectivity index (χ3v) is 15.0. The number of allylic oxidation sites excluding steroid dienone is 19. The van der Waals surface area contributed by atoms with Gasteiger partial charge in [-0.2, -0.15) is 0 Å². The summed E-state index contributed by atoms with van der Waals surface area (Å²) in [6.45, 7) is 4.21. The number of nitrogens with one attached hydrogen (secondary N) is 1. The summed E-state index contributed by atoms with van der Waals surface area (Å²) in [6, 6.07) is -0.636. The van der Waals surface area contributed by atoms with Crippen molar-refractivity contribution in [3.05, 3.63) is 122 Å². The number of aliphatic hydroxyl groups excluding tert-OH is 2. The van der Waals surface area contributed by atoms with Crippen LogP contribution >= 0.6 is 0 Å². The summed E-state index contributed by atoms with van der Waals surface area (Å²) < 4.78 is 0. The van der Waals surface area contributed by atoms with E-state index in [9.17, 15) is 15.0 Å². The Labute approximate surface area is 486 Å². The molecule has 0 bridgehead atoms. The van der Waals surface area contributed by atoms with Gasteiger partial charge in [0.15, 0.2) is 0 Å². The van der Waals surface area contributed by atoms with Gasteiger partial charge in [0.1, 0.15) is 0 Å². The maximum atomic E-state index is 12.5. The summed E-state index contributed by atoms with van der Waals surface area (Å²) in [6.07, 6.45) is 104. The van der Waals surface area contributed by atoms with Gasteiger partial charge in [0, 0.05) is 6.42 Å². The minimum atomic E-state index is -0.852. The van der Waals surface area contributed by atoms with Crippen LogP contribution in [0, 0.1) is 0 Å². The molecule has 1 amide bonds. The molecule has 4 nitrogen and oxygen atoms in total. The first-order valence-electron chi connectivity index (χ1n) is 33.7. The van der Waals surface area contributed by atoms with Gasteiger partial charge < -0.3 is 15.5 Å². The predicted octanol–water partition coefficient (Wildman–Crippen LogP) is 23.2. The van der Waals surface area contributed by atoms with Gasteiger partial charge in [0.05, 0.1) is 18.8 Å². The molecule has 0 aliphatic rings. The molecule has 0 rings (SSSR count). The van der Waals surface area contributed by atoms with Crippen LogP contribution in [0.25, 0.3) is 0 Å². The molecule has 0 fully saturated rings. The number of unbranched alkanes of at least 4 members (excludes halogenated alkanes) is 36. The lowest BCUT2D eigenvalue weighted by molar-refractivity contribution is -0.123. The van der Waals surface area contributed by atoms with Gasteiger partial charge in [-0.3, -0.25) is 4.79 Å². The Morgan fingerprint density at radius 3 is 0.846 bits per heavy atom.